The Bertz CT molecular complexity index is 2470. The van der Waals surface area contributed by atoms with E-state index in [4.69, 9.17) is 11.6 Å². The highest BCUT2D eigenvalue weighted by Crippen LogP contribution is 2.28. The van der Waals surface area contributed by atoms with E-state index in [1.807, 2.05) is 59.3 Å². The summed E-state index contributed by atoms with van der Waals surface area (Å²) in [5.41, 5.74) is 0.886. The predicted octanol–water partition coefficient (Wildman–Crippen LogP) is 20.2. The largest absolute Gasteiger partial charge is 0.433 e. The summed E-state index contributed by atoms with van der Waals surface area (Å²) in [6.45, 7) is 22.6. The lowest BCUT2D eigenvalue weighted by Gasteiger charge is -2.04. The zero-order valence-electron chi connectivity index (χ0n) is 35.8. The van der Waals surface area contributed by atoms with Gasteiger partial charge in [-0.15, -0.1) is 68.0 Å². The summed E-state index contributed by atoms with van der Waals surface area (Å²) in [7, 11) is 0. The zero-order chi connectivity index (χ0) is 44.4. The number of aromatic nitrogens is 2. The van der Waals surface area contributed by atoms with Gasteiger partial charge in [0.05, 0.1) is 5.02 Å². The molecule has 9 aromatic rings. The van der Waals surface area contributed by atoms with Crippen LogP contribution in [0.15, 0.2) is 115 Å². The maximum absolute atomic E-state index is 11.9. The third-order valence-electron chi connectivity index (χ3n) is 7.79. The van der Waals surface area contributed by atoms with E-state index in [0.29, 0.717) is 5.69 Å². The van der Waals surface area contributed by atoms with Gasteiger partial charge < -0.3 is 0 Å². The van der Waals surface area contributed by atoms with E-state index in [9.17, 15) is 13.2 Å². The van der Waals surface area contributed by atoms with Gasteiger partial charge in [0.1, 0.15) is 10.5 Å². The third kappa shape index (κ3) is 23.2. The van der Waals surface area contributed by atoms with Crippen LogP contribution in [0.3, 0.4) is 0 Å². The van der Waals surface area contributed by atoms with E-state index in [1.165, 1.54) is 84.0 Å². The van der Waals surface area contributed by atoms with Crippen molar-refractivity contribution in [1.29, 1.82) is 0 Å². The smallest absolute Gasteiger partial charge is 0.249 e. The molecule has 8 aromatic heterocycles. The predicted molar refractivity (Wildman–Crippen MR) is 285 cm³/mol. The molecule has 9 rings (SSSR count). The molecule has 0 spiro atoms. The number of nitrogens with zero attached hydrogens (tertiary/aromatic N) is 2. The van der Waals surface area contributed by atoms with Crippen LogP contribution in [0.5, 0.6) is 0 Å². The lowest BCUT2D eigenvalue weighted by Crippen LogP contribution is -2.07. The number of fused-ring (bicyclic) bond motifs is 2. The normalized spacial score (nSPS) is 9.76. The van der Waals surface area contributed by atoms with Gasteiger partial charge in [-0.2, -0.15) is 13.2 Å². The molecule has 0 N–H and O–H groups in total. The number of pyridine rings is 2. The molecule has 0 saturated heterocycles. The van der Waals surface area contributed by atoms with Crippen molar-refractivity contribution in [1.82, 2.24) is 9.97 Å². The third-order valence-corrected chi connectivity index (χ3v) is 13.9. The zero-order valence-corrected chi connectivity index (χ0v) is 41.5. The summed E-state index contributed by atoms with van der Waals surface area (Å²) in [5, 5.41) is 5.60. The number of benzene rings is 1. The van der Waals surface area contributed by atoms with Crippen molar-refractivity contribution in [2.75, 3.05) is 0 Å². The number of aryl methyl sites for hydroxylation is 11. The highest BCUT2D eigenvalue weighted by atomic mass is 35.5. The summed E-state index contributed by atoms with van der Waals surface area (Å²) < 4.78 is 37.1. The minimum absolute atomic E-state index is 0. The van der Waals surface area contributed by atoms with E-state index < -0.39 is 11.9 Å². The molecule has 0 radical (unpaired) electrons. The Morgan fingerprint density at radius 1 is 0.492 bits per heavy atom. The molecule has 0 aliphatic rings. The fraction of sp³-hybridized carbons (Fsp3) is 0.294. The average Bonchev–Trinajstić information content (AvgIpc) is 4.05. The first-order valence-electron chi connectivity index (χ1n) is 18.9. The number of thiophene rings is 6. The van der Waals surface area contributed by atoms with Gasteiger partial charge in [0, 0.05) is 65.9 Å². The first kappa shape index (κ1) is 59.3. The van der Waals surface area contributed by atoms with Crippen molar-refractivity contribution >= 4 is 99.9 Å². The van der Waals surface area contributed by atoms with Gasteiger partial charge in [-0.25, -0.2) is 9.97 Å². The fourth-order valence-corrected chi connectivity index (χ4v) is 10.2. The number of halogens is 4. The minimum atomic E-state index is -4.33. The number of hydrogen-bond acceptors (Lipinski definition) is 8. The Kier molecular flexibility index (Phi) is 28.0. The molecule has 1 aromatic carbocycles. The van der Waals surface area contributed by atoms with Crippen molar-refractivity contribution in [2.45, 2.75) is 105 Å². The molecule has 0 aliphatic carbocycles. The summed E-state index contributed by atoms with van der Waals surface area (Å²) in [6.07, 6.45) is -2.50. The van der Waals surface area contributed by atoms with Crippen LogP contribution in [-0.4, -0.2) is 9.97 Å². The Morgan fingerprint density at radius 2 is 1.05 bits per heavy atom. The summed E-state index contributed by atoms with van der Waals surface area (Å²) in [5.74, 6) is 0. The maximum atomic E-state index is 11.9. The lowest BCUT2D eigenvalue weighted by atomic mass is 10.2. The summed E-state index contributed by atoms with van der Waals surface area (Å²) in [4.78, 5) is 20.9. The van der Waals surface area contributed by atoms with Gasteiger partial charge >= 0.3 is 6.18 Å². The number of alkyl halides is 3. The Labute approximate surface area is 405 Å². The fourth-order valence-electron chi connectivity index (χ4n) is 5.05. The van der Waals surface area contributed by atoms with Crippen LogP contribution >= 0.6 is 79.6 Å². The van der Waals surface area contributed by atoms with Gasteiger partial charge in [-0.05, 0) is 165 Å². The van der Waals surface area contributed by atoms with E-state index in [1.54, 1.807) is 34.0 Å². The van der Waals surface area contributed by atoms with Crippen LogP contribution in [-0.2, 0) is 6.18 Å². The highest BCUT2D eigenvalue weighted by molar-refractivity contribution is 7.19. The van der Waals surface area contributed by atoms with Crippen LogP contribution in [0.2, 0.25) is 5.02 Å². The number of rotatable bonds is 0. The quantitative estimate of drug-likeness (QED) is 0.151. The van der Waals surface area contributed by atoms with Crippen LogP contribution < -0.4 is 0 Å². The molecule has 8 heterocycles. The molecule has 0 amide bonds. The van der Waals surface area contributed by atoms with Crippen LogP contribution in [0.25, 0.3) is 20.3 Å². The SMILES string of the molecule is C.C.C.Cc1cc(Cl)c(C)s1.Cc1cc2cccnc2s1.Cc1ccc(C)s1.Cc1ccc(C)s1.Cc1ccc2cc(C)sc2c1.Cc1cccc(C(F)(F)F)n1.Cc1cccs1. The summed E-state index contributed by atoms with van der Waals surface area (Å²) in [6, 6.07) is 33.6. The molecule has 342 valence electrons. The Morgan fingerprint density at radius 3 is 1.43 bits per heavy atom. The van der Waals surface area contributed by atoms with Crippen molar-refractivity contribution < 1.29 is 13.2 Å². The van der Waals surface area contributed by atoms with Gasteiger partial charge in [0.25, 0.3) is 0 Å². The molecule has 63 heavy (non-hydrogen) atoms. The van der Waals surface area contributed by atoms with Gasteiger partial charge in [-0.1, -0.05) is 64.2 Å². The van der Waals surface area contributed by atoms with Crippen molar-refractivity contribution in [3.8, 4) is 0 Å². The second kappa shape index (κ2) is 29.7. The van der Waals surface area contributed by atoms with E-state index in [-0.39, 0.29) is 22.3 Å². The summed E-state index contributed by atoms with van der Waals surface area (Å²) >= 11 is 16.5. The van der Waals surface area contributed by atoms with E-state index in [0.717, 1.165) is 15.9 Å². The van der Waals surface area contributed by atoms with Crippen molar-refractivity contribution in [2.24, 2.45) is 0 Å². The second-order valence-electron chi connectivity index (χ2n) is 13.6. The van der Waals surface area contributed by atoms with Crippen LogP contribution in [0, 0.1) is 76.2 Å². The first-order valence-corrected chi connectivity index (χ1v) is 24.2. The molecule has 0 atom stereocenters. The molecule has 12 heteroatoms. The van der Waals surface area contributed by atoms with E-state index in [2.05, 4.69) is 150 Å². The second-order valence-corrected chi connectivity index (χ2v) is 22.1. The maximum Gasteiger partial charge on any atom is 0.433 e. The molecule has 0 fully saturated rings. The standard InChI is InChI=1S/C10H10S.C8H7NS.C7H6F3N.C6H7ClS.2C6H8S.C5H6S.3CH4/c1-7-3-4-9-6-8(2)11-10(9)5-7;1-6-5-7-3-2-4-9-8(7)10-6;1-5-3-2-4-6(11-5)7(8,9)10;1-4-3-6(7)5(2)8-4;2*1-5-3-4-6(2)7-5;1-5-3-2-4-6-5;;;/h3-6H,1-2H3;2-5H,1H3;2-4H,1H3;3H,1-2H3;2*3-4H,1-2H3;2-4H,1H3;3*1H4. The molecule has 0 bridgehead atoms. The number of hydrogen-bond donors (Lipinski definition) is 0. The van der Waals surface area contributed by atoms with Crippen molar-refractivity contribution in [3.05, 3.63) is 181 Å². The van der Waals surface area contributed by atoms with Crippen LogP contribution in [0.1, 0.15) is 83.1 Å². The van der Waals surface area contributed by atoms with Crippen molar-refractivity contribution in [3.63, 3.8) is 0 Å². The van der Waals surface area contributed by atoms with Gasteiger partial charge in [0.15, 0.2) is 0 Å². The minimum Gasteiger partial charge on any atom is -0.249 e. The first-order chi connectivity index (χ1) is 28.3. The monoisotopic (exact) mass is 988 g/mol. The average molecular weight is 990 g/mol. The molecular formula is C51H64ClF3N2S6. The molecule has 0 unspecified atom stereocenters. The highest BCUT2D eigenvalue weighted by Gasteiger charge is 2.32. The van der Waals surface area contributed by atoms with Gasteiger partial charge in [-0.3, -0.25) is 0 Å². The molecule has 0 saturated carbocycles. The van der Waals surface area contributed by atoms with E-state index >= 15 is 0 Å². The molecular weight excluding hydrogens is 925 g/mol. The van der Waals surface area contributed by atoms with Gasteiger partial charge in [0.2, 0.25) is 0 Å². The lowest BCUT2D eigenvalue weighted by molar-refractivity contribution is -0.141. The topological polar surface area (TPSA) is 25.8 Å². The molecule has 0 aliphatic heterocycles. The Balaban J connectivity index is 0.000000713. The van der Waals surface area contributed by atoms with Crippen LogP contribution in [0.4, 0.5) is 13.2 Å². The Hall–Kier alpha value is -3.68. The molecule has 2 nitrogen and oxygen atoms in total.